The minimum atomic E-state index is -3.91. The van der Waals surface area contributed by atoms with Crippen LogP contribution in [0.4, 0.5) is 4.39 Å². The van der Waals surface area contributed by atoms with Gasteiger partial charge in [-0.2, -0.15) is 4.31 Å². The lowest BCUT2D eigenvalue weighted by molar-refractivity contribution is -0.123. The van der Waals surface area contributed by atoms with Gasteiger partial charge >= 0.3 is 0 Å². The number of ether oxygens (including phenoxy) is 2. The fourth-order valence-corrected chi connectivity index (χ4v) is 4.39. The van der Waals surface area contributed by atoms with Gasteiger partial charge < -0.3 is 9.47 Å². The van der Waals surface area contributed by atoms with Gasteiger partial charge in [-0.15, -0.1) is 0 Å². The maximum Gasteiger partial charge on any atom is 0.276 e. The number of aryl methyl sites for hydroxylation is 2. The van der Waals surface area contributed by atoms with Crippen LogP contribution in [0.15, 0.2) is 41.3 Å². The van der Waals surface area contributed by atoms with E-state index in [-0.39, 0.29) is 37.8 Å². The van der Waals surface area contributed by atoms with E-state index in [1.54, 1.807) is 12.1 Å². The molecule has 0 aromatic heterocycles. The first-order chi connectivity index (χ1) is 15.2. The Bertz CT molecular complexity index is 1120. The van der Waals surface area contributed by atoms with Crippen molar-refractivity contribution in [1.82, 2.24) is 15.2 Å². The summed E-state index contributed by atoms with van der Waals surface area (Å²) in [5.74, 6) is -2.11. The van der Waals surface area contributed by atoms with Crippen LogP contribution in [0.25, 0.3) is 0 Å². The average molecular weight is 466 g/mol. The molecule has 2 amide bonds. The third-order valence-electron chi connectivity index (χ3n) is 4.95. The maximum atomic E-state index is 14.2. The number of rotatable bonds is 6. The summed E-state index contributed by atoms with van der Waals surface area (Å²) in [4.78, 5) is 24.1. The number of sulfonamides is 1. The normalized spacial score (nSPS) is 14.6. The molecule has 2 aromatic carbocycles. The third kappa shape index (κ3) is 5.61. The predicted molar refractivity (Wildman–Crippen MR) is 113 cm³/mol. The number of hydrazine groups is 1. The molecule has 172 valence electrons. The summed E-state index contributed by atoms with van der Waals surface area (Å²) in [5, 5.41) is 0. The highest BCUT2D eigenvalue weighted by molar-refractivity contribution is 7.89. The Morgan fingerprint density at radius 1 is 1.06 bits per heavy atom. The molecule has 1 fully saturated rings. The highest BCUT2D eigenvalue weighted by Gasteiger charge is 2.28. The number of halogens is 1. The van der Waals surface area contributed by atoms with E-state index in [0.29, 0.717) is 5.75 Å². The van der Waals surface area contributed by atoms with Gasteiger partial charge in [-0.25, -0.2) is 12.8 Å². The van der Waals surface area contributed by atoms with E-state index in [0.717, 1.165) is 29.3 Å². The van der Waals surface area contributed by atoms with Gasteiger partial charge in [-0.05, 0) is 55.3 Å². The zero-order valence-electron chi connectivity index (χ0n) is 17.7. The summed E-state index contributed by atoms with van der Waals surface area (Å²) in [5.41, 5.74) is 5.74. The highest BCUT2D eigenvalue weighted by Crippen LogP contribution is 2.20. The van der Waals surface area contributed by atoms with Crippen LogP contribution >= 0.6 is 0 Å². The number of carbonyl (C=O) groups excluding carboxylic acids is 2. The van der Waals surface area contributed by atoms with Gasteiger partial charge in [-0.1, -0.05) is 6.07 Å². The number of hydrogen-bond acceptors (Lipinski definition) is 6. The van der Waals surface area contributed by atoms with E-state index in [1.807, 2.05) is 19.9 Å². The van der Waals surface area contributed by atoms with Crippen molar-refractivity contribution in [1.29, 1.82) is 0 Å². The summed E-state index contributed by atoms with van der Waals surface area (Å²) >= 11 is 0. The fourth-order valence-electron chi connectivity index (χ4n) is 2.96. The summed E-state index contributed by atoms with van der Waals surface area (Å²) in [6, 6.07) is 8.26. The highest BCUT2D eigenvalue weighted by atomic mass is 32.2. The van der Waals surface area contributed by atoms with Crippen LogP contribution in [-0.4, -0.2) is 57.4 Å². The van der Waals surface area contributed by atoms with E-state index in [4.69, 9.17) is 9.47 Å². The Morgan fingerprint density at radius 2 is 1.78 bits per heavy atom. The first kappa shape index (κ1) is 23.6. The molecule has 0 unspecified atom stereocenters. The van der Waals surface area contributed by atoms with E-state index < -0.39 is 33.2 Å². The molecular formula is C21H24FN3O6S. The lowest BCUT2D eigenvalue weighted by atomic mass is 10.1. The van der Waals surface area contributed by atoms with Gasteiger partial charge in [0, 0.05) is 13.1 Å². The first-order valence-corrected chi connectivity index (χ1v) is 11.3. The average Bonchev–Trinajstić information content (AvgIpc) is 2.79. The summed E-state index contributed by atoms with van der Waals surface area (Å²) < 4.78 is 51.4. The van der Waals surface area contributed by atoms with Crippen LogP contribution in [0.3, 0.4) is 0 Å². The second-order valence-corrected chi connectivity index (χ2v) is 9.13. The number of benzene rings is 2. The Hall–Kier alpha value is -3.02. The lowest BCUT2D eigenvalue weighted by Gasteiger charge is -2.26. The van der Waals surface area contributed by atoms with Crippen molar-refractivity contribution < 1.29 is 31.9 Å². The maximum absolute atomic E-state index is 14.2. The number of amides is 2. The van der Waals surface area contributed by atoms with Crippen LogP contribution in [0.1, 0.15) is 21.5 Å². The van der Waals surface area contributed by atoms with E-state index in [2.05, 4.69) is 10.9 Å². The van der Waals surface area contributed by atoms with Crippen LogP contribution in [0.5, 0.6) is 5.75 Å². The van der Waals surface area contributed by atoms with Crippen molar-refractivity contribution >= 4 is 21.8 Å². The lowest BCUT2D eigenvalue weighted by Crippen LogP contribution is -2.44. The Labute approximate surface area is 185 Å². The molecule has 11 heteroatoms. The van der Waals surface area contributed by atoms with Crippen LogP contribution in [-0.2, 0) is 19.6 Å². The van der Waals surface area contributed by atoms with Crippen LogP contribution in [0.2, 0.25) is 0 Å². The number of nitrogens with one attached hydrogen (secondary N) is 2. The smallest absolute Gasteiger partial charge is 0.276 e. The Balaban J connectivity index is 1.61. The van der Waals surface area contributed by atoms with E-state index in [1.165, 1.54) is 4.31 Å². The molecule has 0 spiro atoms. The summed E-state index contributed by atoms with van der Waals surface area (Å²) in [6.45, 7) is 4.31. The van der Waals surface area contributed by atoms with Crippen LogP contribution in [0, 0.1) is 19.7 Å². The minimum Gasteiger partial charge on any atom is -0.484 e. The molecule has 3 rings (SSSR count). The van der Waals surface area contributed by atoms with Crippen molar-refractivity contribution in [2.45, 2.75) is 18.7 Å². The molecule has 0 atom stereocenters. The fraction of sp³-hybridized carbons (Fsp3) is 0.333. The summed E-state index contributed by atoms with van der Waals surface area (Å²) in [6.07, 6.45) is 0. The van der Waals surface area contributed by atoms with Gasteiger partial charge in [0.25, 0.3) is 11.8 Å². The molecule has 0 bridgehead atoms. The molecule has 1 aliphatic heterocycles. The van der Waals surface area contributed by atoms with Crippen molar-refractivity contribution in [3.05, 3.63) is 58.9 Å². The van der Waals surface area contributed by atoms with Crippen molar-refractivity contribution in [3.8, 4) is 5.75 Å². The Morgan fingerprint density at radius 3 is 2.47 bits per heavy atom. The van der Waals surface area contributed by atoms with Crippen molar-refractivity contribution in [2.75, 3.05) is 32.9 Å². The molecule has 1 heterocycles. The second-order valence-electron chi connectivity index (χ2n) is 7.20. The number of carbonyl (C=O) groups is 2. The van der Waals surface area contributed by atoms with E-state index in [9.17, 15) is 22.4 Å². The monoisotopic (exact) mass is 465 g/mol. The van der Waals surface area contributed by atoms with Gasteiger partial charge in [-0.3, -0.25) is 20.4 Å². The standard InChI is InChI=1S/C21H24FN3O6S/c1-14-3-4-16(11-15(14)2)31-13-20(26)23-24-21(27)18-12-17(5-6-19(18)22)32(28,29)25-7-9-30-10-8-25/h3-6,11-12H,7-10,13H2,1-2H3,(H,23,26)(H,24,27). The number of morpholine rings is 1. The quantitative estimate of drug-likeness (QED) is 0.622. The second kappa shape index (κ2) is 10.1. The molecular weight excluding hydrogens is 441 g/mol. The molecule has 0 radical (unpaired) electrons. The number of nitrogens with zero attached hydrogens (tertiary/aromatic N) is 1. The largest absolute Gasteiger partial charge is 0.484 e. The molecule has 0 saturated carbocycles. The van der Waals surface area contributed by atoms with Crippen LogP contribution < -0.4 is 15.6 Å². The zero-order valence-corrected chi connectivity index (χ0v) is 18.5. The Kier molecular flexibility index (Phi) is 7.44. The van der Waals surface area contributed by atoms with Crippen molar-refractivity contribution in [2.24, 2.45) is 0 Å². The van der Waals surface area contributed by atoms with Gasteiger partial charge in [0.05, 0.1) is 23.7 Å². The molecule has 0 aliphatic carbocycles. The van der Waals surface area contributed by atoms with E-state index >= 15 is 0 Å². The molecule has 9 nitrogen and oxygen atoms in total. The minimum absolute atomic E-state index is 0.164. The van der Waals surface area contributed by atoms with Crippen molar-refractivity contribution in [3.63, 3.8) is 0 Å². The van der Waals surface area contributed by atoms with Gasteiger partial charge in [0.1, 0.15) is 11.6 Å². The van der Waals surface area contributed by atoms with Gasteiger partial charge in [0.15, 0.2) is 6.61 Å². The molecule has 1 saturated heterocycles. The third-order valence-corrected chi connectivity index (χ3v) is 6.85. The van der Waals surface area contributed by atoms with Gasteiger partial charge in [0.2, 0.25) is 10.0 Å². The summed E-state index contributed by atoms with van der Waals surface area (Å²) in [7, 11) is -3.91. The molecule has 1 aliphatic rings. The SMILES string of the molecule is Cc1ccc(OCC(=O)NNC(=O)c2cc(S(=O)(=O)N3CCOCC3)ccc2F)cc1C. The predicted octanol–water partition coefficient (Wildman–Crippen LogP) is 1.30. The topological polar surface area (TPSA) is 114 Å². The molecule has 2 aromatic rings. The molecule has 32 heavy (non-hydrogen) atoms. The first-order valence-electron chi connectivity index (χ1n) is 9.85. The zero-order chi connectivity index (χ0) is 23.3. The molecule has 2 N–H and O–H groups in total. The number of hydrogen-bond donors (Lipinski definition) is 2.